The Morgan fingerprint density at radius 2 is 1.65 bits per heavy atom. The minimum absolute atomic E-state index is 0.0510. The van der Waals surface area contributed by atoms with Crippen LogP contribution in [0.3, 0.4) is 0 Å². The third-order valence-corrected chi connectivity index (χ3v) is 9.99. The second kappa shape index (κ2) is 13.8. The number of carbonyl (C=O) groups is 1. The van der Waals surface area contributed by atoms with E-state index < -0.39 is 27.5 Å². The fourth-order valence-corrected chi connectivity index (χ4v) is 7.74. The molecule has 1 fully saturated rings. The molecular weight excluding hydrogens is 617 g/mol. The number of hydrogen-bond donors (Lipinski definition) is 2. The zero-order valence-electron chi connectivity index (χ0n) is 26.2. The molecule has 0 unspecified atom stereocenters. The van der Waals surface area contributed by atoms with Crippen LogP contribution in [-0.4, -0.2) is 87.8 Å². The zero-order chi connectivity index (χ0) is 33.1. The minimum atomic E-state index is -4.41. The first-order chi connectivity index (χ1) is 21.9. The number of aromatic nitrogens is 1. The second-order valence-corrected chi connectivity index (χ2v) is 13.3. The third-order valence-electron chi connectivity index (χ3n) is 8.26. The van der Waals surface area contributed by atoms with Crippen molar-refractivity contribution in [1.82, 2.24) is 24.8 Å². The van der Waals surface area contributed by atoms with E-state index in [2.05, 4.69) is 20.5 Å². The molecule has 3 heterocycles. The van der Waals surface area contributed by atoms with Crippen LogP contribution in [0, 0.1) is 13.8 Å². The first-order valence-corrected chi connectivity index (χ1v) is 16.7. The predicted molar refractivity (Wildman–Crippen MR) is 172 cm³/mol. The number of aryl methyl sites for hydroxylation is 2. The normalized spacial score (nSPS) is 18.0. The molecule has 1 aromatic heterocycles. The number of nitrogens with zero attached hydrogens (tertiary/aromatic N) is 4. The molecule has 246 valence electrons. The number of likely N-dealkylation sites (N-methyl/N-ethyl adjacent to an activating group) is 1. The molecule has 9 nitrogen and oxygen atoms in total. The lowest BCUT2D eigenvalue weighted by Gasteiger charge is -2.37. The molecule has 13 heteroatoms. The van der Waals surface area contributed by atoms with Gasteiger partial charge < -0.3 is 15.5 Å². The molecule has 0 atom stereocenters. The SMILES string of the molecule is CNCCN/C(=C1\C(=O)c2c(C)cc(C)nc2S(=O)(=O)N1CCCN1CCN(c2cccc(C(F)(F)F)c2)CC1)c1ccccc1. The quantitative estimate of drug-likeness (QED) is 0.247. The van der Waals surface area contributed by atoms with Gasteiger partial charge in [-0.25, -0.2) is 4.98 Å². The maximum Gasteiger partial charge on any atom is 0.416 e. The molecule has 0 spiro atoms. The van der Waals surface area contributed by atoms with Crippen LogP contribution in [0.5, 0.6) is 0 Å². The number of rotatable bonds is 10. The van der Waals surface area contributed by atoms with Crippen molar-refractivity contribution in [3.05, 3.63) is 94.3 Å². The van der Waals surface area contributed by atoms with E-state index in [0.717, 1.165) is 6.07 Å². The summed E-state index contributed by atoms with van der Waals surface area (Å²) in [5.41, 5.74) is 2.19. The molecular formula is C33H39F3N6O3S. The lowest BCUT2D eigenvalue weighted by Crippen LogP contribution is -2.47. The molecule has 2 aliphatic heterocycles. The number of sulfonamides is 1. The van der Waals surface area contributed by atoms with E-state index in [1.165, 1.54) is 16.4 Å². The molecule has 0 bridgehead atoms. The van der Waals surface area contributed by atoms with Crippen LogP contribution in [0.25, 0.3) is 5.70 Å². The van der Waals surface area contributed by atoms with Gasteiger partial charge in [-0.15, -0.1) is 0 Å². The fourth-order valence-electron chi connectivity index (χ4n) is 5.98. The number of hydrogen-bond acceptors (Lipinski definition) is 8. The number of pyridine rings is 1. The Kier molecular flexibility index (Phi) is 10.0. The van der Waals surface area contributed by atoms with E-state index >= 15 is 0 Å². The number of anilines is 1. The summed E-state index contributed by atoms with van der Waals surface area (Å²) in [5.74, 6) is -0.402. The Balaban J connectivity index is 1.40. The van der Waals surface area contributed by atoms with Gasteiger partial charge >= 0.3 is 6.18 Å². The number of nitrogens with one attached hydrogen (secondary N) is 2. The molecule has 3 aromatic rings. The lowest BCUT2D eigenvalue weighted by molar-refractivity contribution is -0.137. The number of carbonyl (C=O) groups excluding carboxylic acids is 1. The molecule has 1 saturated heterocycles. The van der Waals surface area contributed by atoms with Gasteiger partial charge in [-0.2, -0.15) is 21.6 Å². The van der Waals surface area contributed by atoms with Crippen molar-refractivity contribution in [3.63, 3.8) is 0 Å². The van der Waals surface area contributed by atoms with Crippen molar-refractivity contribution in [2.75, 3.05) is 64.3 Å². The van der Waals surface area contributed by atoms with E-state index in [1.807, 2.05) is 42.3 Å². The molecule has 2 aliphatic rings. The summed E-state index contributed by atoms with van der Waals surface area (Å²) in [5, 5.41) is 6.17. The lowest BCUT2D eigenvalue weighted by atomic mass is 10.00. The second-order valence-electron chi connectivity index (χ2n) is 11.5. The van der Waals surface area contributed by atoms with E-state index in [1.54, 1.807) is 26.0 Å². The largest absolute Gasteiger partial charge is 0.416 e. The summed E-state index contributed by atoms with van der Waals surface area (Å²) in [6.45, 7) is 7.36. The number of fused-ring (bicyclic) bond motifs is 1. The molecule has 2 aromatic carbocycles. The number of Topliss-reactive ketones (excluding diaryl/α,β-unsaturated/α-hetero) is 1. The van der Waals surface area contributed by atoms with Crippen LogP contribution in [-0.2, 0) is 16.2 Å². The highest BCUT2D eigenvalue weighted by Gasteiger charge is 2.43. The summed E-state index contributed by atoms with van der Waals surface area (Å²) in [6.07, 6.45) is -3.98. The van der Waals surface area contributed by atoms with Crippen LogP contribution in [0.15, 0.2) is 71.4 Å². The summed E-state index contributed by atoms with van der Waals surface area (Å²) < 4.78 is 69.4. The first-order valence-electron chi connectivity index (χ1n) is 15.3. The topological polar surface area (TPSA) is 97.9 Å². The zero-order valence-corrected chi connectivity index (χ0v) is 27.0. The average Bonchev–Trinajstić information content (AvgIpc) is 3.02. The maximum atomic E-state index is 14.3. The summed E-state index contributed by atoms with van der Waals surface area (Å²) >= 11 is 0. The predicted octanol–water partition coefficient (Wildman–Crippen LogP) is 4.29. The minimum Gasteiger partial charge on any atom is -0.381 e. The monoisotopic (exact) mass is 656 g/mol. The van der Waals surface area contributed by atoms with E-state index in [4.69, 9.17) is 0 Å². The highest BCUT2D eigenvalue weighted by molar-refractivity contribution is 7.89. The Labute approximate surface area is 268 Å². The maximum absolute atomic E-state index is 14.3. The summed E-state index contributed by atoms with van der Waals surface area (Å²) in [7, 11) is -2.38. The number of halogens is 3. The number of piperazine rings is 1. The van der Waals surface area contributed by atoms with E-state index in [9.17, 15) is 26.4 Å². The van der Waals surface area contributed by atoms with Gasteiger partial charge in [-0.05, 0) is 62.7 Å². The van der Waals surface area contributed by atoms with E-state index in [-0.39, 0.29) is 22.8 Å². The van der Waals surface area contributed by atoms with Gasteiger partial charge in [0.05, 0.1) is 16.8 Å². The highest BCUT2D eigenvalue weighted by Crippen LogP contribution is 2.37. The molecule has 0 amide bonds. The summed E-state index contributed by atoms with van der Waals surface area (Å²) in [4.78, 5) is 22.7. The van der Waals surface area contributed by atoms with Crippen LogP contribution < -0.4 is 15.5 Å². The molecule has 2 N–H and O–H groups in total. The van der Waals surface area contributed by atoms with Crippen LogP contribution >= 0.6 is 0 Å². The van der Waals surface area contributed by atoms with Gasteiger partial charge in [0, 0.05) is 63.7 Å². The Bertz CT molecular complexity index is 1710. The van der Waals surface area contributed by atoms with Gasteiger partial charge in [0.15, 0.2) is 5.03 Å². The van der Waals surface area contributed by atoms with Gasteiger partial charge in [-0.1, -0.05) is 36.4 Å². The van der Waals surface area contributed by atoms with Crippen molar-refractivity contribution in [1.29, 1.82) is 0 Å². The molecule has 0 radical (unpaired) electrons. The van der Waals surface area contributed by atoms with Gasteiger partial charge in [0.1, 0.15) is 5.70 Å². The highest BCUT2D eigenvalue weighted by atomic mass is 32.2. The number of benzene rings is 2. The Morgan fingerprint density at radius 1 is 0.935 bits per heavy atom. The van der Waals surface area contributed by atoms with Crippen molar-refractivity contribution in [3.8, 4) is 0 Å². The molecule has 5 rings (SSSR count). The Hall–Kier alpha value is -3.94. The van der Waals surface area contributed by atoms with Crippen molar-refractivity contribution in [2.45, 2.75) is 31.5 Å². The van der Waals surface area contributed by atoms with Crippen molar-refractivity contribution >= 4 is 27.2 Å². The van der Waals surface area contributed by atoms with Gasteiger partial charge in [-0.3, -0.25) is 14.0 Å². The average molecular weight is 657 g/mol. The third kappa shape index (κ3) is 7.06. The van der Waals surface area contributed by atoms with E-state index in [0.29, 0.717) is 80.4 Å². The first kappa shape index (κ1) is 33.4. The number of ketones is 1. The smallest absolute Gasteiger partial charge is 0.381 e. The summed E-state index contributed by atoms with van der Waals surface area (Å²) in [6, 6.07) is 16.3. The van der Waals surface area contributed by atoms with Crippen LogP contribution in [0.1, 0.15) is 39.2 Å². The van der Waals surface area contributed by atoms with Crippen molar-refractivity contribution < 1.29 is 26.4 Å². The van der Waals surface area contributed by atoms with Gasteiger partial charge in [0.2, 0.25) is 5.78 Å². The van der Waals surface area contributed by atoms with Gasteiger partial charge in [0.25, 0.3) is 10.0 Å². The van der Waals surface area contributed by atoms with Crippen LogP contribution in [0.4, 0.5) is 18.9 Å². The molecule has 0 saturated carbocycles. The van der Waals surface area contributed by atoms with Crippen LogP contribution in [0.2, 0.25) is 0 Å². The van der Waals surface area contributed by atoms with Crippen molar-refractivity contribution in [2.24, 2.45) is 0 Å². The number of alkyl halides is 3. The number of allylic oxidation sites excluding steroid dienone is 1. The Morgan fingerprint density at radius 3 is 2.33 bits per heavy atom. The fraction of sp³-hybridized carbons (Fsp3) is 0.394. The standard InChI is InChI=1S/C33H39F3N6O3S/c1-23-21-24(2)39-32-28(23)31(43)30(29(38-14-13-37-3)25-9-5-4-6-10-25)42(46(32,44)45)16-8-15-40-17-19-41(20-18-40)27-12-7-11-26(22-27)33(34,35)36/h4-7,9-12,21-22,37-38H,8,13-20H2,1-3H3/b30-29+. The molecule has 0 aliphatic carbocycles. The molecule has 46 heavy (non-hydrogen) atoms.